The molecule has 5 rings (SSSR count). The highest BCUT2D eigenvalue weighted by Crippen LogP contribution is 2.39. The monoisotopic (exact) mass is 501 g/mol. The van der Waals surface area contributed by atoms with Gasteiger partial charge in [-0.05, 0) is 68.5 Å². The SMILES string of the molecule is COc1cccc(Cc2nc3c(c(NCCCN4CCCCC4C)n2)-c2ncc(C)cc2C3)c1.O=C=O. The van der Waals surface area contributed by atoms with Crippen LogP contribution in [-0.4, -0.2) is 58.8 Å². The molecule has 0 spiro atoms. The van der Waals surface area contributed by atoms with Gasteiger partial charge in [-0.3, -0.25) is 4.98 Å². The first kappa shape index (κ1) is 26.5. The maximum atomic E-state index is 8.12. The number of anilines is 1. The van der Waals surface area contributed by atoms with Gasteiger partial charge in [0.2, 0.25) is 0 Å². The van der Waals surface area contributed by atoms with Gasteiger partial charge < -0.3 is 15.0 Å². The largest absolute Gasteiger partial charge is 0.497 e. The van der Waals surface area contributed by atoms with Gasteiger partial charge in [0.15, 0.2) is 0 Å². The maximum Gasteiger partial charge on any atom is 0.373 e. The van der Waals surface area contributed by atoms with Crippen LogP contribution in [-0.2, 0) is 22.4 Å². The molecule has 0 bridgehead atoms. The number of fused-ring (bicyclic) bond motifs is 3. The highest BCUT2D eigenvalue weighted by atomic mass is 16.5. The van der Waals surface area contributed by atoms with Crippen LogP contribution in [0.3, 0.4) is 0 Å². The molecule has 3 heterocycles. The minimum Gasteiger partial charge on any atom is -0.497 e. The van der Waals surface area contributed by atoms with Gasteiger partial charge in [0.1, 0.15) is 17.4 Å². The number of piperidine rings is 1. The van der Waals surface area contributed by atoms with E-state index in [1.165, 1.54) is 36.9 Å². The fourth-order valence-corrected chi connectivity index (χ4v) is 5.26. The normalized spacial score (nSPS) is 16.1. The lowest BCUT2D eigenvalue weighted by Crippen LogP contribution is -2.38. The molecule has 1 aliphatic heterocycles. The quantitative estimate of drug-likeness (QED) is 0.354. The first-order chi connectivity index (χ1) is 18.0. The molecule has 0 radical (unpaired) electrons. The van der Waals surface area contributed by atoms with E-state index < -0.39 is 0 Å². The Morgan fingerprint density at radius 3 is 2.81 bits per heavy atom. The fraction of sp³-hybridized carbons (Fsp3) is 0.448. The molecule has 1 fully saturated rings. The third kappa shape index (κ3) is 6.59. The van der Waals surface area contributed by atoms with Gasteiger partial charge in [-0.15, -0.1) is 0 Å². The zero-order valence-corrected chi connectivity index (χ0v) is 21.9. The van der Waals surface area contributed by atoms with E-state index in [-0.39, 0.29) is 6.15 Å². The van der Waals surface area contributed by atoms with Crippen LogP contribution < -0.4 is 10.1 Å². The van der Waals surface area contributed by atoms with Crippen molar-refractivity contribution in [2.45, 2.75) is 58.4 Å². The highest BCUT2D eigenvalue weighted by Gasteiger charge is 2.27. The van der Waals surface area contributed by atoms with Gasteiger partial charge in [-0.1, -0.05) is 24.6 Å². The molecule has 0 saturated carbocycles. The summed E-state index contributed by atoms with van der Waals surface area (Å²) >= 11 is 0. The summed E-state index contributed by atoms with van der Waals surface area (Å²) in [5, 5.41) is 3.66. The van der Waals surface area contributed by atoms with E-state index >= 15 is 0 Å². The molecule has 3 aromatic rings. The van der Waals surface area contributed by atoms with E-state index in [0.717, 1.165) is 65.8 Å². The first-order valence-electron chi connectivity index (χ1n) is 13.0. The number of rotatable bonds is 8. The average Bonchev–Trinajstić information content (AvgIpc) is 3.25. The van der Waals surface area contributed by atoms with Crippen molar-refractivity contribution in [1.29, 1.82) is 0 Å². The number of aryl methyl sites for hydroxylation is 1. The van der Waals surface area contributed by atoms with Gasteiger partial charge in [0.05, 0.1) is 24.1 Å². The molecule has 8 heteroatoms. The molecular weight excluding hydrogens is 466 g/mol. The number of pyridine rings is 1. The second kappa shape index (κ2) is 12.6. The van der Waals surface area contributed by atoms with Crippen LogP contribution in [0.4, 0.5) is 5.82 Å². The summed E-state index contributed by atoms with van der Waals surface area (Å²) in [6.45, 7) is 7.71. The number of methoxy groups -OCH3 is 1. The van der Waals surface area contributed by atoms with Crippen molar-refractivity contribution >= 4 is 12.0 Å². The van der Waals surface area contributed by atoms with Gasteiger partial charge in [-0.25, -0.2) is 9.97 Å². The molecule has 2 aliphatic rings. The molecule has 37 heavy (non-hydrogen) atoms. The van der Waals surface area contributed by atoms with Crippen LogP contribution in [0.5, 0.6) is 5.75 Å². The summed E-state index contributed by atoms with van der Waals surface area (Å²) in [6, 6.07) is 11.1. The zero-order valence-electron chi connectivity index (χ0n) is 21.9. The van der Waals surface area contributed by atoms with E-state index in [2.05, 4.69) is 42.3 Å². The summed E-state index contributed by atoms with van der Waals surface area (Å²) in [5.74, 6) is 2.62. The number of carbonyl (C=O) groups excluding carboxylic acids is 2. The standard InChI is InChI=1S/C28H35N5O.CO2/c1-19-14-22-17-24-26(27(22)30-18-19)28(29-11-7-13-33-12-5-4-8-20(33)2)32-25(31-24)16-21-9-6-10-23(15-21)34-3;2-1-3/h6,9-10,14-15,18,20H,4-5,7-8,11-13,16-17H2,1-3H3,(H,29,31,32);. The molecule has 0 amide bonds. The fourth-order valence-electron chi connectivity index (χ4n) is 5.26. The van der Waals surface area contributed by atoms with Crippen molar-refractivity contribution in [3.8, 4) is 17.0 Å². The van der Waals surface area contributed by atoms with Gasteiger partial charge in [0, 0.05) is 38.2 Å². The summed E-state index contributed by atoms with van der Waals surface area (Å²) in [6.07, 6.45) is 8.79. The van der Waals surface area contributed by atoms with E-state index in [1.807, 2.05) is 18.3 Å². The molecule has 1 aromatic carbocycles. The first-order valence-corrected chi connectivity index (χ1v) is 13.0. The summed E-state index contributed by atoms with van der Waals surface area (Å²) in [5.41, 5.74) is 6.76. The van der Waals surface area contributed by atoms with Crippen LogP contribution >= 0.6 is 0 Å². The van der Waals surface area contributed by atoms with Gasteiger partial charge in [-0.2, -0.15) is 9.59 Å². The van der Waals surface area contributed by atoms with Gasteiger partial charge in [0.25, 0.3) is 0 Å². The van der Waals surface area contributed by atoms with Crippen molar-refractivity contribution in [3.63, 3.8) is 0 Å². The van der Waals surface area contributed by atoms with Crippen LogP contribution in [0.25, 0.3) is 11.3 Å². The Bertz CT molecular complexity index is 1260. The molecule has 2 aromatic heterocycles. The van der Waals surface area contributed by atoms with Crippen LogP contribution in [0.15, 0.2) is 36.5 Å². The Morgan fingerprint density at radius 2 is 2.03 bits per heavy atom. The smallest absolute Gasteiger partial charge is 0.373 e. The molecule has 1 aliphatic carbocycles. The molecule has 1 saturated heterocycles. The molecule has 1 N–H and O–H groups in total. The Labute approximate surface area is 218 Å². The maximum absolute atomic E-state index is 8.12. The number of hydrogen-bond donors (Lipinski definition) is 1. The molecular formula is C29H35N5O3. The van der Waals surface area contributed by atoms with Crippen LogP contribution in [0, 0.1) is 6.92 Å². The minimum atomic E-state index is 0.250. The van der Waals surface area contributed by atoms with E-state index in [9.17, 15) is 0 Å². The van der Waals surface area contributed by atoms with E-state index in [4.69, 9.17) is 29.3 Å². The van der Waals surface area contributed by atoms with Crippen molar-refractivity contribution < 1.29 is 14.3 Å². The lowest BCUT2D eigenvalue weighted by atomic mass is 10.0. The van der Waals surface area contributed by atoms with Crippen molar-refractivity contribution in [2.24, 2.45) is 0 Å². The Hall–Kier alpha value is -3.61. The molecule has 8 nitrogen and oxygen atoms in total. The topological polar surface area (TPSA) is 97.3 Å². The van der Waals surface area contributed by atoms with Crippen LogP contribution in [0.1, 0.15) is 60.8 Å². The molecule has 1 atom stereocenters. The predicted octanol–water partition coefficient (Wildman–Crippen LogP) is 4.44. The number of ether oxygens (including phenoxy) is 1. The Balaban J connectivity index is 0.00000102. The zero-order chi connectivity index (χ0) is 26.2. The minimum absolute atomic E-state index is 0.250. The predicted molar refractivity (Wildman–Crippen MR) is 142 cm³/mol. The average molecular weight is 502 g/mol. The Morgan fingerprint density at radius 1 is 1.19 bits per heavy atom. The number of benzene rings is 1. The van der Waals surface area contributed by atoms with Crippen molar-refractivity contribution in [2.75, 3.05) is 32.1 Å². The summed E-state index contributed by atoms with van der Waals surface area (Å²) in [7, 11) is 1.70. The number of hydrogen-bond acceptors (Lipinski definition) is 8. The lowest BCUT2D eigenvalue weighted by Gasteiger charge is -2.33. The molecule has 194 valence electrons. The Kier molecular flexibility index (Phi) is 8.99. The van der Waals surface area contributed by atoms with Gasteiger partial charge >= 0.3 is 6.15 Å². The number of nitrogens with one attached hydrogen (secondary N) is 1. The van der Waals surface area contributed by atoms with Crippen LogP contribution in [0.2, 0.25) is 0 Å². The van der Waals surface area contributed by atoms with Crippen molar-refractivity contribution in [1.82, 2.24) is 19.9 Å². The van der Waals surface area contributed by atoms with Crippen molar-refractivity contribution in [3.05, 3.63) is 64.7 Å². The number of nitrogens with zero attached hydrogens (tertiary/aromatic N) is 4. The summed E-state index contributed by atoms with van der Waals surface area (Å²) < 4.78 is 5.40. The lowest BCUT2D eigenvalue weighted by molar-refractivity contribution is -0.191. The number of likely N-dealkylation sites (tertiary alicyclic amines) is 1. The third-order valence-electron chi connectivity index (χ3n) is 7.08. The highest BCUT2D eigenvalue weighted by molar-refractivity contribution is 5.81. The second-order valence-corrected chi connectivity index (χ2v) is 9.78. The second-order valence-electron chi connectivity index (χ2n) is 9.78. The third-order valence-corrected chi connectivity index (χ3v) is 7.08. The molecule has 1 unspecified atom stereocenters. The van der Waals surface area contributed by atoms with E-state index in [0.29, 0.717) is 12.5 Å². The number of aromatic nitrogens is 3. The van der Waals surface area contributed by atoms with E-state index in [1.54, 1.807) is 7.11 Å². The summed E-state index contributed by atoms with van der Waals surface area (Å²) in [4.78, 5) is 33.6.